The molecule has 1 aliphatic heterocycles. The summed E-state index contributed by atoms with van der Waals surface area (Å²) in [4.78, 5) is 25.9. The maximum absolute atomic E-state index is 12.2. The molecule has 0 saturated carbocycles. The van der Waals surface area contributed by atoms with Gasteiger partial charge >= 0.3 is 12.1 Å². The first-order valence-corrected chi connectivity index (χ1v) is 9.78. The SMILES string of the molecule is O=C(NCC1CCN(C(=O)Oc2ccccc2)CC1)Nc1ccc(Cl)c(Cl)c1. The standard InChI is InChI=1S/C20H21Cl2N3O3/c21-17-7-6-15(12-18(17)22)24-19(26)23-13-14-8-10-25(11-9-14)20(27)28-16-4-2-1-3-5-16/h1-7,12,14H,8-11,13H2,(H2,23,24,26). The van der Waals surface area contributed by atoms with Crippen LogP contribution in [0.15, 0.2) is 48.5 Å². The van der Waals surface area contributed by atoms with E-state index in [4.69, 9.17) is 27.9 Å². The van der Waals surface area contributed by atoms with Gasteiger partial charge in [0.2, 0.25) is 0 Å². The number of carbonyl (C=O) groups is 2. The van der Waals surface area contributed by atoms with Crippen molar-refractivity contribution in [3.05, 3.63) is 58.6 Å². The zero-order valence-electron chi connectivity index (χ0n) is 15.2. The highest BCUT2D eigenvalue weighted by Crippen LogP contribution is 2.25. The summed E-state index contributed by atoms with van der Waals surface area (Å²) in [6.45, 7) is 1.74. The average molecular weight is 422 g/mol. The van der Waals surface area contributed by atoms with Crippen molar-refractivity contribution in [3.8, 4) is 5.75 Å². The number of nitrogens with zero attached hydrogens (tertiary/aromatic N) is 1. The molecule has 1 aliphatic rings. The van der Waals surface area contributed by atoms with Crippen LogP contribution >= 0.6 is 23.2 Å². The van der Waals surface area contributed by atoms with Gasteiger partial charge in [0, 0.05) is 25.3 Å². The van der Waals surface area contributed by atoms with E-state index in [9.17, 15) is 9.59 Å². The minimum atomic E-state index is -0.338. The molecule has 0 spiro atoms. The summed E-state index contributed by atoms with van der Waals surface area (Å²) in [7, 11) is 0. The predicted molar refractivity (Wildman–Crippen MR) is 110 cm³/mol. The molecule has 2 N–H and O–H groups in total. The Morgan fingerprint density at radius 1 is 1.04 bits per heavy atom. The molecular weight excluding hydrogens is 401 g/mol. The second-order valence-electron chi connectivity index (χ2n) is 6.58. The molecule has 1 fully saturated rings. The zero-order valence-corrected chi connectivity index (χ0v) is 16.7. The average Bonchev–Trinajstić information content (AvgIpc) is 2.70. The molecule has 1 saturated heterocycles. The van der Waals surface area contributed by atoms with Gasteiger partial charge in [0.1, 0.15) is 5.75 Å². The number of nitrogens with one attached hydrogen (secondary N) is 2. The smallest absolute Gasteiger partial charge is 0.410 e. The number of hydrogen-bond donors (Lipinski definition) is 2. The molecule has 2 aromatic carbocycles. The predicted octanol–water partition coefficient (Wildman–Crippen LogP) is 5.03. The van der Waals surface area contributed by atoms with Crippen LogP contribution in [-0.4, -0.2) is 36.7 Å². The highest BCUT2D eigenvalue weighted by molar-refractivity contribution is 6.42. The summed E-state index contributed by atoms with van der Waals surface area (Å²) in [6.07, 6.45) is 1.27. The monoisotopic (exact) mass is 421 g/mol. The second kappa shape index (κ2) is 9.66. The Balaban J connectivity index is 1.38. The van der Waals surface area contributed by atoms with Gasteiger partial charge in [0.05, 0.1) is 10.0 Å². The van der Waals surface area contributed by atoms with E-state index < -0.39 is 0 Å². The fraction of sp³-hybridized carbons (Fsp3) is 0.300. The molecule has 0 aromatic heterocycles. The molecule has 2 aromatic rings. The van der Waals surface area contributed by atoms with Crippen LogP contribution in [0.4, 0.5) is 15.3 Å². The van der Waals surface area contributed by atoms with Crippen LogP contribution in [-0.2, 0) is 0 Å². The molecule has 0 unspecified atom stereocenters. The van der Waals surface area contributed by atoms with Crippen LogP contribution in [0.3, 0.4) is 0 Å². The molecule has 8 heteroatoms. The van der Waals surface area contributed by atoms with Gasteiger partial charge in [-0.15, -0.1) is 0 Å². The van der Waals surface area contributed by atoms with E-state index in [1.54, 1.807) is 35.2 Å². The highest BCUT2D eigenvalue weighted by atomic mass is 35.5. The minimum absolute atomic E-state index is 0.302. The lowest BCUT2D eigenvalue weighted by atomic mass is 9.97. The molecule has 3 amide bonds. The summed E-state index contributed by atoms with van der Waals surface area (Å²) < 4.78 is 5.36. The quantitative estimate of drug-likeness (QED) is 0.727. The summed E-state index contributed by atoms with van der Waals surface area (Å²) >= 11 is 11.8. The summed E-state index contributed by atoms with van der Waals surface area (Å²) in [6, 6.07) is 13.6. The van der Waals surface area contributed by atoms with Gasteiger partial charge in [-0.25, -0.2) is 9.59 Å². The van der Waals surface area contributed by atoms with Crippen LogP contribution in [0.5, 0.6) is 5.75 Å². The van der Waals surface area contributed by atoms with Crippen molar-refractivity contribution in [2.75, 3.05) is 25.0 Å². The first kappa shape index (κ1) is 20.3. The lowest BCUT2D eigenvalue weighted by Gasteiger charge is -2.31. The van der Waals surface area contributed by atoms with Gasteiger partial charge in [-0.3, -0.25) is 0 Å². The number of hydrogen-bond acceptors (Lipinski definition) is 3. The third-order valence-electron chi connectivity index (χ3n) is 4.55. The van der Waals surface area contributed by atoms with Crippen LogP contribution in [0.2, 0.25) is 10.0 Å². The van der Waals surface area contributed by atoms with E-state index in [0.29, 0.717) is 47.0 Å². The Morgan fingerprint density at radius 2 is 1.75 bits per heavy atom. The highest BCUT2D eigenvalue weighted by Gasteiger charge is 2.24. The molecule has 0 bridgehead atoms. The van der Waals surface area contributed by atoms with Gasteiger partial charge < -0.3 is 20.3 Å². The summed E-state index contributed by atoms with van der Waals surface area (Å²) in [5.41, 5.74) is 0.574. The fourth-order valence-corrected chi connectivity index (χ4v) is 3.26. The van der Waals surface area contributed by atoms with Crippen LogP contribution in [0.25, 0.3) is 0 Å². The number of carbonyl (C=O) groups excluding carboxylic acids is 2. The van der Waals surface area contributed by atoms with E-state index in [2.05, 4.69) is 10.6 Å². The number of amides is 3. The summed E-state index contributed by atoms with van der Waals surface area (Å²) in [5.74, 6) is 0.843. The number of ether oxygens (including phenoxy) is 1. The molecule has 6 nitrogen and oxygen atoms in total. The number of anilines is 1. The number of para-hydroxylation sites is 1. The molecule has 0 aliphatic carbocycles. The minimum Gasteiger partial charge on any atom is -0.410 e. The van der Waals surface area contributed by atoms with Crippen molar-refractivity contribution in [1.29, 1.82) is 0 Å². The number of benzene rings is 2. The van der Waals surface area contributed by atoms with Gasteiger partial charge in [-0.05, 0) is 49.1 Å². The molecule has 0 atom stereocenters. The maximum atomic E-state index is 12.2. The second-order valence-corrected chi connectivity index (χ2v) is 7.39. The van der Waals surface area contributed by atoms with Crippen molar-refractivity contribution in [2.45, 2.75) is 12.8 Å². The first-order chi connectivity index (χ1) is 13.5. The van der Waals surface area contributed by atoms with Gasteiger partial charge in [-0.2, -0.15) is 0 Å². The van der Waals surface area contributed by atoms with Crippen LogP contribution < -0.4 is 15.4 Å². The number of piperidine rings is 1. The number of rotatable bonds is 4. The van der Waals surface area contributed by atoms with Crippen LogP contribution in [0, 0.1) is 5.92 Å². The van der Waals surface area contributed by atoms with Crippen molar-refractivity contribution in [3.63, 3.8) is 0 Å². The Kier molecular flexibility index (Phi) is 7.01. The van der Waals surface area contributed by atoms with Gasteiger partial charge in [-0.1, -0.05) is 41.4 Å². The molecule has 1 heterocycles. The normalized spacial score (nSPS) is 14.4. The van der Waals surface area contributed by atoms with Crippen molar-refractivity contribution in [1.82, 2.24) is 10.2 Å². The molecule has 28 heavy (non-hydrogen) atoms. The lowest BCUT2D eigenvalue weighted by Crippen LogP contribution is -2.43. The molecule has 148 valence electrons. The van der Waals surface area contributed by atoms with Gasteiger partial charge in [0.15, 0.2) is 0 Å². The lowest BCUT2D eigenvalue weighted by molar-refractivity contribution is 0.130. The Labute approximate surface area is 173 Å². The molecule has 3 rings (SSSR count). The zero-order chi connectivity index (χ0) is 19.9. The topological polar surface area (TPSA) is 70.7 Å². The molecular formula is C20H21Cl2N3O3. The Morgan fingerprint density at radius 3 is 2.43 bits per heavy atom. The van der Waals surface area contributed by atoms with Crippen molar-refractivity contribution in [2.24, 2.45) is 5.92 Å². The van der Waals surface area contributed by atoms with E-state index in [-0.39, 0.29) is 12.1 Å². The number of urea groups is 1. The van der Waals surface area contributed by atoms with E-state index in [1.165, 1.54) is 0 Å². The van der Waals surface area contributed by atoms with Crippen molar-refractivity contribution < 1.29 is 14.3 Å². The Hall–Kier alpha value is -2.44. The Bertz CT molecular complexity index is 825. The third-order valence-corrected chi connectivity index (χ3v) is 5.29. The maximum Gasteiger partial charge on any atom is 0.415 e. The summed E-state index contributed by atoms with van der Waals surface area (Å²) in [5, 5.41) is 6.40. The van der Waals surface area contributed by atoms with E-state index in [0.717, 1.165) is 12.8 Å². The fourth-order valence-electron chi connectivity index (χ4n) is 2.96. The number of halogens is 2. The largest absolute Gasteiger partial charge is 0.415 e. The first-order valence-electron chi connectivity index (χ1n) is 9.03. The van der Waals surface area contributed by atoms with Crippen molar-refractivity contribution >= 4 is 41.0 Å². The van der Waals surface area contributed by atoms with E-state index in [1.807, 2.05) is 18.2 Å². The van der Waals surface area contributed by atoms with Crippen LogP contribution in [0.1, 0.15) is 12.8 Å². The third kappa shape index (κ3) is 5.78. The number of likely N-dealkylation sites (tertiary alicyclic amines) is 1. The molecule has 0 radical (unpaired) electrons. The van der Waals surface area contributed by atoms with Gasteiger partial charge in [0.25, 0.3) is 0 Å². The van der Waals surface area contributed by atoms with E-state index >= 15 is 0 Å².